The number of nitro groups is 1. The zero-order chi connectivity index (χ0) is 14.0. The van der Waals surface area contributed by atoms with Gasteiger partial charge in [0.15, 0.2) is 0 Å². The Bertz CT molecular complexity index is 606. The van der Waals surface area contributed by atoms with Crippen molar-refractivity contribution in [3.63, 3.8) is 0 Å². The molecule has 0 spiro atoms. The molecule has 0 aliphatic rings. The number of imidazole rings is 1. The second-order valence-electron chi connectivity index (χ2n) is 4.47. The van der Waals surface area contributed by atoms with Gasteiger partial charge in [0.2, 0.25) is 0 Å². The molecule has 1 aromatic heterocycles. The molecule has 0 amide bonds. The Kier molecular flexibility index (Phi) is 3.50. The summed E-state index contributed by atoms with van der Waals surface area (Å²) < 4.78 is 1.92. The zero-order valence-corrected chi connectivity index (χ0v) is 11.1. The first kappa shape index (κ1) is 13.1. The normalized spacial score (nSPS) is 12.2. The third-order valence-electron chi connectivity index (χ3n) is 3.12. The fourth-order valence-electron chi connectivity index (χ4n) is 2.07. The van der Waals surface area contributed by atoms with Crippen LogP contribution in [0.1, 0.15) is 24.4 Å². The van der Waals surface area contributed by atoms with Crippen LogP contribution in [-0.2, 0) is 7.05 Å². The summed E-state index contributed by atoms with van der Waals surface area (Å²) in [7, 11) is 1.92. The monoisotopic (exact) mass is 260 g/mol. The molecule has 0 aliphatic carbocycles. The van der Waals surface area contributed by atoms with E-state index < -0.39 is 0 Å². The minimum Gasteiger partial charge on any atom is -0.375 e. The summed E-state index contributed by atoms with van der Waals surface area (Å²) in [4.78, 5) is 14.8. The molecule has 0 saturated carbocycles. The fraction of sp³-hybridized carbons (Fsp3) is 0.308. The van der Waals surface area contributed by atoms with Crippen LogP contribution in [0.25, 0.3) is 0 Å². The molecule has 0 bridgehead atoms. The van der Waals surface area contributed by atoms with Crippen molar-refractivity contribution in [1.29, 1.82) is 0 Å². The van der Waals surface area contributed by atoms with Gasteiger partial charge in [-0.1, -0.05) is 6.07 Å². The Labute approximate surface area is 111 Å². The van der Waals surface area contributed by atoms with Gasteiger partial charge < -0.3 is 9.88 Å². The number of rotatable bonds is 4. The summed E-state index contributed by atoms with van der Waals surface area (Å²) >= 11 is 0. The maximum Gasteiger partial charge on any atom is 0.274 e. The Morgan fingerprint density at radius 2 is 2.21 bits per heavy atom. The third-order valence-corrected chi connectivity index (χ3v) is 3.12. The van der Waals surface area contributed by atoms with Crippen LogP contribution in [0, 0.1) is 17.0 Å². The molecule has 1 unspecified atom stereocenters. The van der Waals surface area contributed by atoms with Gasteiger partial charge in [-0.3, -0.25) is 10.1 Å². The molecular formula is C13H16N4O2. The van der Waals surface area contributed by atoms with E-state index in [2.05, 4.69) is 10.3 Å². The summed E-state index contributed by atoms with van der Waals surface area (Å²) in [6.45, 7) is 3.71. The van der Waals surface area contributed by atoms with Crippen LogP contribution < -0.4 is 5.32 Å². The summed E-state index contributed by atoms with van der Waals surface area (Å²) in [6.07, 6.45) is 3.60. The molecule has 6 heteroatoms. The van der Waals surface area contributed by atoms with E-state index >= 15 is 0 Å². The lowest BCUT2D eigenvalue weighted by molar-refractivity contribution is -0.385. The van der Waals surface area contributed by atoms with Gasteiger partial charge in [0.05, 0.1) is 11.0 Å². The first-order chi connectivity index (χ1) is 9.00. The van der Waals surface area contributed by atoms with Gasteiger partial charge in [-0.15, -0.1) is 0 Å². The first-order valence-corrected chi connectivity index (χ1v) is 5.98. The average Bonchev–Trinajstić information content (AvgIpc) is 2.77. The molecule has 0 aliphatic heterocycles. The molecule has 19 heavy (non-hydrogen) atoms. The number of nitrogens with zero attached hydrogens (tertiary/aromatic N) is 3. The van der Waals surface area contributed by atoms with Crippen molar-refractivity contribution in [3.8, 4) is 0 Å². The summed E-state index contributed by atoms with van der Waals surface area (Å²) in [6, 6.07) is 4.99. The number of aryl methyl sites for hydroxylation is 1. The van der Waals surface area contributed by atoms with E-state index in [9.17, 15) is 10.1 Å². The lowest BCUT2D eigenvalue weighted by Crippen LogP contribution is -2.12. The molecule has 1 heterocycles. The Hall–Kier alpha value is -2.37. The van der Waals surface area contributed by atoms with Gasteiger partial charge in [0.1, 0.15) is 5.82 Å². The van der Waals surface area contributed by atoms with Crippen molar-refractivity contribution in [3.05, 3.63) is 52.1 Å². The van der Waals surface area contributed by atoms with Gasteiger partial charge in [-0.05, 0) is 19.9 Å². The number of benzene rings is 1. The van der Waals surface area contributed by atoms with Gasteiger partial charge in [-0.2, -0.15) is 0 Å². The van der Waals surface area contributed by atoms with Crippen LogP contribution >= 0.6 is 0 Å². The number of hydrogen-bond donors (Lipinski definition) is 1. The van der Waals surface area contributed by atoms with Gasteiger partial charge in [0.25, 0.3) is 5.69 Å². The third kappa shape index (κ3) is 2.57. The standard InChI is InChI=1S/C13H16N4O2/c1-9-11(5-4-6-12(9)17(18)19)15-10(2)13-14-7-8-16(13)3/h4-8,10,15H,1-3H3. The fourth-order valence-corrected chi connectivity index (χ4v) is 2.07. The summed E-state index contributed by atoms with van der Waals surface area (Å²) in [5, 5.41) is 14.2. The van der Waals surface area contributed by atoms with Gasteiger partial charge in [0, 0.05) is 36.8 Å². The van der Waals surface area contributed by atoms with Crippen molar-refractivity contribution in [1.82, 2.24) is 9.55 Å². The molecule has 1 N–H and O–H groups in total. The predicted molar refractivity (Wildman–Crippen MR) is 73.1 cm³/mol. The van der Waals surface area contributed by atoms with Crippen LogP contribution in [-0.4, -0.2) is 14.5 Å². The smallest absolute Gasteiger partial charge is 0.274 e. The van der Waals surface area contributed by atoms with Crippen molar-refractivity contribution >= 4 is 11.4 Å². The quantitative estimate of drug-likeness (QED) is 0.677. The highest BCUT2D eigenvalue weighted by molar-refractivity contribution is 5.60. The van der Waals surface area contributed by atoms with Crippen LogP contribution in [0.5, 0.6) is 0 Å². The minimum absolute atomic E-state index is 0.0271. The van der Waals surface area contributed by atoms with Crippen LogP contribution in [0.15, 0.2) is 30.6 Å². The second-order valence-corrected chi connectivity index (χ2v) is 4.47. The molecule has 1 aromatic carbocycles. The molecule has 1 atom stereocenters. The number of hydrogen-bond acceptors (Lipinski definition) is 4. The highest BCUT2D eigenvalue weighted by atomic mass is 16.6. The van der Waals surface area contributed by atoms with E-state index in [0.717, 1.165) is 11.5 Å². The van der Waals surface area contributed by atoms with Crippen LogP contribution in [0.2, 0.25) is 0 Å². The SMILES string of the molecule is Cc1c(NC(C)c2nccn2C)cccc1[N+](=O)[O-]. The van der Waals surface area contributed by atoms with Crippen molar-refractivity contribution in [2.75, 3.05) is 5.32 Å². The first-order valence-electron chi connectivity index (χ1n) is 5.98. The topological polar surface area (TPSA) is 73.0 Å². The maximum atomic E-state index is 10.9. The molecule has 2 aromatic rings. The summed E-state index contributed by atoms with van der Waals surface area (Å²) in [5.41, 5.74) is 1.51. The number of anilines is 1. The van der Waals surface area contributed by atoms with E-state index in [0.29, 0.717) is 5.56 Å². The lowest BCUT2D eigenvalue weighted by Gasteiger charge is -2.16. The van der Waals surface area contributed by atoms with E-state index in [1.807, 2.05) is 30.8 Å². The van der Waals surface area contributed by atoms with Crippen molar-refractivity contribution < 1.29 is 4.92 Å². The highest BCUT2D eigenvalue weighted by Crippen LogP contribution is 2.27. The molecular weight excluding hydrogens is 244 g/mol. The Morgan fingerprint density at radius 1 is 1.47 bits per heavy atom. The van der Waals surface area contributed by atoms with Crippen molar-refractivity contribution in [2.24, 2.45) is 7.05 Å². The predicted octanol–water partition coefficient (Wildman–Crippen LogP) is 2.81. The lowest BCUT2D eigenvalue weighted by atomic mass is 10.1. The Balaban J connectivity index is 2.27. The van der Waals surface area contributed by atoms with Crippen LogP contribution in [0.3, 0.4) is 0 Å². The maximum absolute atomic E-state index is 10.9. The van der Waals surface area contributed by atoms with Crippen molar-refractivity contribution in [2.45, 2.75) is 19.9 Å². The molecule has 0 fully saturated rings. The molecule has 6 nitrogen and oxygen atoms in total. The highest BCUT2D eigenvalue weighted by Gasteiger charge is 2.16. The average molecular weight is 260 g/mol. The van der Waals surface area contributed by atoms with E-state index in [1.165, 1.54) is 6.07 Å². The molecule has 2 rings (SSSR count). The number of nitrogens with one attached hydrogen (secondary N) is 1. The van der Waals surface area contributed by atoms with E-state index in [1.54, 1.807) is 19.2 Å². The minimum atomic E-state index is -0.369. The second kappa shape index (κ2) is 5.09. The molecule has 100 valence electrons. The van der Waals surface area contributed by atoms with Gasteiger partial charge >= 0.3 is 0 Å². The van der Waals surface area contributed by atoms with Crippen LogP contribution in [0.4, 0.5) is 11.4 Å². The number of aromatic nitrogens is 2. The summed E-state index contributed by atoms with van der Waals surface area (Å²) in [5.74, 6) is 0.880. The van der Waals surface area contributed by atoms with E-state index in [4.69, 9.17) is 0 Å². The zero-order valence-electron chi connectivity index (χ0n) is 11.1. The largest absolute Gasteiger partial charge is 0.375 e. The Morgan fingerprint density at radius 3 is 2.79 bits per heavy atom. The van der Waals surface area contributed by atoms with E-state index in [-0.39, 0.29) is 16.7 Å². The molecule has 0 saturated heterocycles. The number of nitro benzene ring substituents is 1. The molecule has 0 radical (unpaired) electrons. The van der Waals surface area contributed by atoms with Gasteiger partial charge in [-0.25, -0.2) is 4.98 Å².